The number of pyridine rings is 1. The van der Waals surface area contributed by atoms with Gasteiger partial charge in [0, 0.05) is 21.5 Å². The van der Waals surface area contributed by atoms with Crippen LogP contribution in [0.3, 0.4) is 0 Å². The largest absolute Gasteiger partial charge is 0.478 e. The first-order valence-electron chi connectivity index (χ1n) is 7.88. The van der Waals surface area contributed by atoms with Crippen molar-refractivity contribution < 1.29 is 19.8 Å². The Kier molecular flexibility index (Phi) is 3.93. The fourth-order valence-electron chi connectivity index (χ4n) is 2.88. The van der Waals surface area contributed by atoms with Gasteiger partial charge in [-0.25, -0.2) is 14.6 Å². The lowest BCUT2D eigenvalue weighted by molar-refractivity contribution is 0.0683. The van der Waals surface area contributed by atoms with E-state index in [1.165, 1.54) is 18.2 Å². The van der Waals surface area contributed by atoms with Gasteiger partial charge in [-0.2, -0.15) is 0 Å². The van der Waals surface area contributed by atoms with Gasteiger partial charge in [0.2, 0.25) is 0 Å². The third-order valence-electron chi connectivity index (χ3n) is 4.16. The van der Waals surface area contributed by atoms with Gasteiger partial charge < -0.3 is 20.5 Å². The molecule has 0 amide bonds. The van der Waals surface area contributed by atoms with Gasteiger partial charge in [-0.05, 0) is 48.5 Å². The number of fused-ring (bicyclic) bond motifs is 3. The molecule has 0 bridgehead atoms. The van der Waals surface area contributed by atoms with E-state index in [9.17, 15) is 19.8 Å². The summed E-state index contributed by atoms with van der Waals surface area (Å²) in [6.45, 7) is 0. The fraction of sp³-hybridized carbons (Fsp3) is 0. The van der Waals surface area contributed by atoms with E-state index < -0.39 is 11.9 Å². The van der Waals surface area contributed by atoms with E-state index in [0.29, 0.717) is 38.3 Å². The number of carboxylic acids is 2. The number of aromatic carboxylic acids is 2. The third kappa shape index (κ3) is 3.04. The molecule has 0 saturated carbocycles. The minimum atomic E-state index is -1.10. The number of halogens is 1. The summed E-state index contributed by atoms with van der Waals surface area (Å²) in [7, 11) is 0. The third-order valence-corrected chi connectivity index (χ3v) is 4.41. The highest BCUT2D eigenvalue weighted by Gasteiger charge is 2.16. The molecule has 0 aliphatic heterocycles. The number of H-pyrrole nitrogens is 1. The average Bonchev–Trinajstić information content (AvgIpc) is 3.09. The van der Waals surface area contributed by atoms with Crippen LogP contribution >= 0.6 is 11.6 Å². The van der Waals surface area contributed by atoms with Gasteiger partial charge in [0.05, 0.1) is 16.6 Å². The molecule has 0 fully saturated rings. The molecular weight excluding hydrogens is 370 g/mol. The fourth-order valence-corrected chi connectivity index (χ4v) is 3.01. The predicted molar refractivity (Wildman–Crippen MR) is 102 cm³/mol. The molecule has 0 aliphatic rings. The number of carbonyl (C=O) groups is 2. The Balaban J connectivity index is 1.96. The number of carboxylic acid groups (broad SMARTS) is 2. The van der Waals surface area contributed by atoms with E-state index >= 15 is 0 Å². The van der Waals surface area contributed by atoms with Crippen molar-refractivity contribution in [2.24, 2.45) is 0 Å². The number of nitrogens with zero attached hydrogens (tertiary/aromatic N) is 1. The standard InChI is InChI=1S/C19H12ClN3O4/c20-10-2-4-11(5-3-10)21-17-13-8-15(19(26)27)22-16(13)12-6-1-9(18(24)25)7-14(12)23-17/h1-8,22H,(H,21,23)(H,24,25)(H,26,27). The lowest BCUT2D eigenvalue weighted by Crippen LogP contribution is -1.98. The SMILES string of the molecule is O=C(O)c1ccc2c(c1)nc(Nc1ccc(Cl)cc1)c1cc(C(=O)O)[nH]c12. The molecule has 0 unspecified atom stereocenters. The Morgan fingerprint density at radius 2 is 1.70 bits per heavy atom. The van der Waals surface area contributed by atoms with Gasteiger partial charge in [-0.3, -0.25) is 0 Å². The molecule has 7 nitrogen and oxygen atoms in total. The highest BCUT2D eigenvalue weighted by atomic mass is 35.5. The maximum Gasteiger partial charge on any atom is 0.352 e. The van der Waals surface area contributed by atoms with Crippen molar-refractivity contribution >= 4 is 56.9 Å². The molecular formula is C19H12ClN3O4. The summed E-state index contributed by atoms with van der Waals surface area (Å²) in [5.41, 5.74) is 1.81. The molecule has 2 aromatic heterocycles. The van der Waals surface area contributed by atoms with E-state index in [1.807, 2.05) is 0 Å². The van der Waals surface area contributed by atoms with Crippen LogP contribution in [0.2, 0.25) is 5.02 Å². The van der Waals surface area contributed by atoms with Crippen LogP contribution in [0, 0.1) is 0 Å². The first kappa shape index (κ1) is 16.9. The molecule has 4 rings (SSSR count). The lowest BCUT2D eigenvalue weighted by Gasteiger charge is -2.10. The van der Waals surface area contributed by atoms with Gasteiger partial charge in [-0.15, -0.1) is 0 Å². The van der Waals surface area contributed by atoms with Crippen LogP contribution in [0.15, 0.2) is 48.5 Å². The van der Waals surface area contributed by atoms with Crippen LogP contribution in [-0.4, -0.2) is 32.1 Å². The molecule has 0 aliphatic carbocycles. The topological polar surface area (TPSA) is 115 Å². The highest BCUT2D eigenvalue weighted by molar-refractivity contribution is 6.30. The predicted octanol–water partition coefficient (Wildman–Crippen LogP) is 4.51. The molecule has 8 heteroatoms. The first-order chi connectivity index (χ1) is 12.9. The van der Waals surface area contributed by atoms with E-state index in [4.69, 9.17) is 11.6 Å². The van der Waals surface area contributed by atoms with Crippen molar-refractivity contribution in [3.63, 3.8) is 0 Å². The van der Waals surface area contributed by atoms with Crippen molar-refractivity contribution in [1.82, 2.24) is 9.97 Å². The second kappa shape index (κ2) is 6.30. The molecule has 4 N–H and O–H groups in total. The summed E-state index contributed by atoms with van der Waals surface area (Å²) in [5.74, 6) is -1.76. The summed E-state index contributed by atoms with van der Waals surface area (Å²) < 4.78 is 0. The van der Waals surface area contributed by atoms with E-state index in [-0.39, 0.29) is 11.3 Å². The quantitative estimate of drug-likeness (QED) is 0.413. The summed E-state index contributed by atoms with van der Waals surface area (Å²) in [4.78, 5) is 30.1. The van der Waals surface area contributed by atoms with Crippen molar-refractivity contribution in [2.45, 2.75) is 0 Å². The lowest BCUT2D eigenvalue weighted by atomic mass is 10.1. The monoisotopic (exact) mass is 381 g/mol. The second-order valence-corrected chi connectivity index (χ2v) is 6.34. The Morgan fingerprint density at radius 3 is 2.37 bits per heavy atom. The van der Waals surface area contributed by atoms with Gasteiger partial charge >= 0.3 is 11.9 Å². The van der Waals surface area contributed by atoms with Crippen molar-refractivity contribution in [1.29, 1.82) is 0 Å². The van der Waals surface area contributed by atoms with Crippen LogP contribution < -0.4 is 5.32 Å². The minimum absolute atomic E-state index is 0.0146. The second-order valence-electron chi connectivity index (χ2n) is 5.91. The number of nitrogens with one attached hydrogen (secondary N) is 2. The Morgan fingerprint density at radius 1 is 0.963 bits per heavy atom. The normalized spacial score (nSPS) is 11.0. The maximum atomic E-state index is 11.4. The minimum Gasteiger partial charge on any atom is -0.478 e. The van der Waals surface area contributed by atoms with Gasteiger partial charge in [0.1, 0.15) is 11.5 Å². The average molecular weight is 382 g/mol. The smallest absolute Gasteiger partial charge is 0.352 e. The number of anilines is 2. The molecule has 2 heterocycles. The summed E-state index contributed by atoms with van der Waals surface area (Å²) in [6.07, 6.45) is 0. The molecule has 0 radical (unpaired) electrons. The van der Waals surface area contributed by atoms with E-state index in [1.54, 1.807) is 30.3 Å². The van der Waals surface area contributed by atoms with Crippen LogP contribution in [0.1, 0.15) is 20.8 Å². The molecule has 4 aromatic rings. The zero-order chi connectivity index (χ0) is 19.1. The Labute approximate surface area is 157 Å². The molecule has 0 saturated heterocycles. The molecule has 0 atom stereocenters. The van der Waals surface area contributed by atoms with E-state index in [2.05, 4.69) is 15.3 Å². The number of rotatable bonds is 4. The van der Waals surface area contributed by atoms with Crippen LogP contribution in [0.4, 0.5) is 11.5 Å². The highest BCUT2D eigenvalue weighted by Crippen LogP contribution is 2.32. The van der Waals surface area contributed by atoms with Crippen LogP contribution in [0.25, 0.3) is 21.8 Å². The first-order valence-corrected chi connectivity index (χ1v) is 8.26. The maximum absolute atomic E-state index is 11.4. The zero-order valence-corrected chi connectivity index (χ0v) is 14.4. The summed E-state index contributed by atoms with van der Waals surface area (Å²) >= 11 is 5.90. The number of hydrogen-bond acceptors (Lipinski definition) is 4. The number of aromatic amines is 1. The molecule has 27 heavy (non-hydrogen) atoms. The van der Waals surface area contributed by atoms with E-state index in [0.717, 1.165) is 0 Å². The summed E-state index contributed by atoms with van der Waals surface area (Å²) in [6, 6.07) is 13.0. The van der Waals surface area contributed by atoms with Crippen LogP contribution in [-0.2, 0) is 0 Å². The van der Waals surface area contributed by atoms with Crippen molar-refractivity contribution in [3.8, 4) is 0 Å². The Hall–Kier alpha value is -3.58. The van der Waals surface area contributed by atoms with Gasteiger partial charge in [0.25, 0.3) is 0 Å². The number of benzene rings is 2. The van der Waals surface area contributed by atoms with Crippen LogP contribution in [0.5, 0.6) is 0 Å². The summed E-state index contributed by atoms with van der Waals surface area (Å²) in [5, 5.41) is 23.5. The van der Waals surface area contributed by atoms with Crippen molar-refractivity contribution in [3.05, 3.63) is 64.8 Å². The molecule has 0 spiro atoms. The zero-order valence-electron chi connectivity index (χ0n) is 13.7. The Bertz CT molecular complexity index is 1220. The van der Waals surface area contributed by atoms with Gasteiger partial charge in [0.15, 0.2) is 0 Å². The number of aromatic nitrogens is 2. The molecule has 2 aromatic carbocycles. The van der Waals surface area contributed by atoms with Crippen molar-refractivity contribution in [2.75, 3.05) is 5.32 Å². The number of hydrogen-bond donors (Lipinski definition) is 4. The van der Waals surface area contributed by atoms with Gasteiger partial charge in [-0.1, -0.05) is 11.6 Å². The molecule has 134 valence electrons.